The molecular formula is C27H35ClN2O3. The van der Waals surface area contributed by atoms with E-state index in [0.717, 1.165) is 24.3 Å². The summed E-state index contributed by atoms with van der Waals surface area (Å²) in [6, 6.07) is 9.94. The van der Waals surface area contributed by atoms with Gasteiger partial charge < -0.3 is 9.30 Å². The highest BCUT2D eigenvalue weighted by molar-refractivity contribution is 6.30. The minimum Gasteiger partial charge on any atom is -0.465 e. The third-order valence-electron chi connectivity index (χ3n) is 7.00. The van der Waals surface area contributed by atoms with Crippen LogP contribution in [0.5, 0.6) is 0 Å². The number of hydrogen-bond acceptors (Lipinski definition) is 4. The van der Waals surface area contributed by atoms with Crippen LogP contribution in [0.25, 0.3) is 0 Å². The monoisotopic (exact) mass is 470 g/mol. The molecule has 1 aliphatic carbocycles. The van der Waals surface area contributed by atoms with Crippen molar-refractivity contribution in [1.82, 2.24) is 9.47 Å². The van der Waals surface area contributed by atoms with E-state index < -0.39 is 0 Å². The van der Waals surface area contributed by atoms with Gasteiger partial charge in [-0.3, -0.25) is 9.69 Å². The summed E-state index contributed by atoms with van der Waals surface area (Å²) in [6.45, 7) is 7.06. The molecule has 2 aliphatic rings. The Labute approximate surface area is 201 Å². The van der Waals surface area contributed by atoms with E-state index in [1.807, 2.05) is 22.8 Å². The number of ether oxygens (including phenoxy) is 1. The molecule has 178 valence electrons. The SMILES string of the molecule is COC(=O)c1ccc(CCn2c(CN3CCC[C@@H]3CC(C)C)c(C3CC3)cc(Cl)c2=O)cc1. The van der Waals surface area contributed by atoms with E-state index in [4.69, 9.17) is 16.3 Å². The number of pyridine rings is 1. The van der Waals surface area contributed by atoms with E-state index in [0.29, 0.717) is 41.4 Å². The predicted octanol–water partition coefficient (Wildman–Crippen LogP) is 5.42. The molecule has 4 rings (SSSR count). The Bertz CT molecular complexity index is 1040. The lowest BCUT2D eigenvalue weighted by Gasteiger charge is -2.28. The number of nitrogens with zero attached hydrogens (tertiary/aromatic N) is 2. The third-order valence-corrected chi connectivity index (χ3v) is 7.27. The Morgan fingerprint density at radius 2 is 1.91 bits per heavy atom. The molecule has 0 bridgehead atoms. The first kappa shape index (κ1) is 24.0. The van der Waals surface area contributed by atoms with Crippen LogP contribution in [0.3, 0.4) is 0 Å². The van der Waals surface area contributed by atoms with Crippen LogP contribution in [-0.2, 0) is 24.2 Å². The van der Waals surface area contributed by atoms with Gasteiger partial charge in [-0.2, -0.15) is 0 Å². The zero-order chi connectivity index (χ0) is 23.5. The van der Waals surface area contributed by atoms with Gasteiger partial charge in [0.1, 0.15) is 5.02 Å². The Kier molecular flexibility index (Phi) is 7.60. The van der Waals surface area contributed by atoms with Gasteiger partial charge in [0.15, 0.2) is 0 Å². The molecule has 2 heterocycles. The van der Waals surface area contributed by atoms with E-state index in [1.54, 1.807) is 12.1 Å². The lowest BCUT2D eigenvalue weighted by molar-refractivity contribution is 0.0600. The average Bonchev–Trinajstić information content (AvgIpc) is 3.56. The predicted molar refractivity (Wildman–Crippen MR) is 132 cm³/mol. The number of likely N-dealkylation sites (tertiary alicyclic amines) is 1. The van der Waals surface area contributed by atoms with Gasteiger partial charge in [-0.1, -0.05) is 37.6 Å². The molecule has 0 N–H and O–H groups in total. The minimum absolute atomic E-state index is 0.0955. The number of aromatic nitrogens is 1. The number of carbonyl (C=O) groups excluding carboxylic acids is 1. The van der Waals surface area contributed by atoms with Crippen molar-refractivity contribution in [1.29, 1.82) is 0 Å². The number of carbonyl (C=O) groups is 1. The first-order valence-corrected chi connectivity index (χ1v) is 12.6. The molecule has 0 radical (unpaired) electrons. The van der Waals surface area contributed by atoms with Crippen molar-refractivity contribution >= 4 is 17.6 Å². The van der Waals surface area contributed by atoms with Gasteiger partial charge in [0.25, 0.3) is 5.56 Å². The van der Waals surface area contributed by atoms with Crippen molar-refractivity contribution in [3.05, 3.63) is 68.1 Å². The standard InChI is InChI=1S/C27H35ClN2O3/c1-18(2)15-22-5-4-13-29(22)17-25-23(20-10-11-20)16-24(28)26(31)30(25)14-12-19-6-8-21(9-7-19)27(32)33-3/h6-9,16,18,20,22H,4-5,10-15,17H2,1-3H3/t22-/m1/s1. The van der Waals surface area contributed by atoms with Gasteiger partial charge in [0.05, 0.1) is 12.7 Å². The maximum absolute atomic E-state index is 13.2. The fourth-order valence-electron chi connectivity index (χ4n) is 5.12. The van der Waals surface area contributed by atoms with Crippen LogP contribution < -0.4 is 5.56 Å². The molecule has 1 aromatic heterocycles. The quantitative estimate of drug-likeness (QED) is 0.459. The van der Waals surface area contributed by atoms with Crippen LogP contribution in [-0.4, -0.2) is 35.1 Å². The molecular weight excluding hydrogens is 436 g/mol. The van der Waals surface area contributed by atoms with Crippen molar-refractivity contribution < 1.29 is 9.53 Å². The maximum atomic E-state index is 13.2. The van der Waals surface area contributed by atoms with Crippen LogP contribution >= 0.6 is 11.6 Å². The topological polar surface area (TPSA) is 51.5 Å². The lowest BCUT2D eigenvalue weighted by atomic mass is 10.0. The third kappa shape index (κ3) is 5.70. The highest BCUT2D eigenvalue weighted by atomic mass is 35.5. The first-order chi connectivity index (χ1) is 15.9. The van der Waals surface area contributed by atoms with E-state index in [-0.39, 0.29) is 11.5 Å². The summed E-state index contributed by atoms with van der Waals surface area (Å²) in [5.41, 5.74) is 3.92. The number of esters is 1. The minimum atomic E-state index is -0.342. The summed E-state index contributed by atoms with van der Waals surface area (Å²) in [7, 11) is 1.38. The summed E-state index contributed by atoms with van der Waals surface area (Å²) in [4.78, 5) is 27.5. The molecule has 2 fully saturated rings. The van der Waals surface area contributed by atoms with Gasteiger partial charge in [-0.05, 0) is 86.2 Å². The number of benzene rings is 1. The van der Waals surface area contributed by atoms with Crippen LogP contribution in [0.15, 0.2) is 35.1 Å². The number of hydrogen-bond donors (Lipinski definition) is 0. The molecule has 6 heteroatoms. The second-order valence-electron chi connectivity index (χ2n) is 9.96. The second-order valence-corrected chi connectivity index (χ2v) is 10.4. The number of methoxy groups -OCH3 is 1. The van der Waals surface area contributed by atoms with Gasteiger partial charge in [-0.15, -0.1) is 0 Å². The Morgan fingerprint density at radius 1 is 1.18 bits per heavy atom. The summed E-state index contributed by atoms with van der Waals surface area (Å²) in [5, 5.41) is 0.321. The van der Waals surface area contributed by atoms with Gasteiger partial charge >= 0.3 is 5.97 Å². The molecule has 1 saturated heterocycles. The Hall–Kier alpha value is -2.11. The first-order valence-electron chi connectivity index (χ1n) is 12.2. The van der Waals surface area contributed by atoms with Crippen molar-refractivity contribution in [3.8, 4) is 0 Å². The fourth-order valence-corrected chi connectivity index (χ4v) is 5.34. The van der Waals surface area contributed by atoms with Gasteiger partial charge in [-0.25, -0.2) is 4.79 Å². The molecule has 0 amide bonds. The zero-order valence-electron chi connectivity index (χ0n) is 20.0. The Morgan fingerprint density at radius 3 is 2.55 bits per heavy atom. The van der Waals surface area contributed by atoms with Crippen molar-refractivity contribution in [2.24, 2.45) is 5.92 Å². The number of halogens is 1. The fraction of sp³-hybridized carbons (Fsp3) is 0.556. The van der Waals surface area contributed by atoms with Gasteiger partial charge in [0, 0.05) is 24.8 Å². The lowest BCUT2D eigenvalue weighted by Crippen LogP contribution is -2.35. The summed E-state index contributed by atoms with van der Waals surface area (Å²) >= 11 is 6.43. The summed E-state index contributed by atoms with van der Waals surface area (Å²) in [6.07, 6.45) is 6.71. The molecule has 2 aromatic rings. The van der Waals surface area contributed by atoms with E-state index >= 15 is 0 Å². The van der Waals surface area contributed by atoms with Crippen LogP contribution in [0, 0.1) is 5.92 Å². The van der Waals surface area contributed by atoms with Crippen molar-refractivity contribution in [2.75, 3.05) is 13.7 Å². The second kappa shape index (κ2) is 10.4. The summed E-state index contributed by atoms with van der Waals surface area (Å²) in [5.74, 6) is 0.847. The van der Waals surface area contributed by atoms with E-state index in [2.05, 4.69) is 18.7 Å². The highest BCUT2D eigenvalue weighted by Crippen LogP contribution is 2.42. The highest BCUT2D eigenvalue weighted by Gasteiger charge is 2.32. The molecule has 1 saturated carbocycles. The number of aryl methyl sites for hydroxylation is 1. The van der Waals surface area contributed by atoms with Crippen LogP contribution in [0.2, 0.25) is 5.02 Å². The molecule has 0 unspecified atom stereocenters. The molecule has 1 atom stereocenters. The Balaban J connectivity index is 1.60. The molecule has 1 aliphatic heterocycles. The van der Waals surface area contributed by atoms with E-state index in [9.17, 15) is 9.59 Å². The molecule has 5 nitrogen and oxygen atoms in total. The van der Waals surface area contributed by atoms with Crippen LogP contribution in [0.1, 0.15) is 79.0 Å². The molecule has 1 aromatic carbocycles. The normalized spacial score (nSPS) is 18.8. The molecule has 0 spiro atoms. The van der Waals surface area contributed by atoms with Gasteiger partial charge in [0.2, 0.25) is 0 Å². The average molecular weight is 471 g/mol. The largest absolute Gasteiger partial charge is 0.465 e. The van der Waals surface area contributed by atoms with E-state index in [1.165, 1.54) is 44.8 Å². The summed E-state index contributed by atoms with van der Waals surface area (Å²) < 4.78 is 6.71. The van der Waals surface area contributed by atoms with Crippen molar-refractivity contribution in [3.63, 3.8) is 0 Å². The van der Waals surface area contributed by atoms with Crippen LogP contribution in [0.4, 0.5) is 0 Å². The number of rotatable bonds is 9. The zero-order valence-corrected chi connectivity index (χ0v) is 20.7. The van der Waals surface area contributed by atoms with Crippen molar-refractivity contribution in [2.45, 2.75) is 77.4 Å². The maximum Gasteiger partial charge on any atom is 0.337 e. The smallest absolute Gasteiger partial charge is 0.337 e. The molecule has 33 heavy (non-hydrogen) atoms.